The van der Waals surface area contributed by atoms with E-state index in [-0.39, 0.29) is 41.5 Å². The highest BCUT2D eigenvalue weighted by Crippen LogP contribution is 2.29. The molecule has 1 aliphatic rings. The Morgan fingerprint density at radius 3 is 2.52 bits per heavy atom. The quantitative estimate of drug-likeness (QED) is 0.287. The van der Waals surface area contributed by atoms with E-state index in [1.807, 2.05) is 32.0 Å². The van der Waals surface area contributed by atoms with E-state index in [1.54, 1.807) is 59.7 Å². The van der Waals surface area contributed by atoms with Crippen LogP contribution in [0.25, 0.3) is 0 Å². The molecular weight excluding hydrogens is 629 g/mol. The molecular formula is C33H44N4O7S2. The van der Waals surface area contributed by atoms with Crippen LogP contribution in [0.5, 0.6) is 5.75 Å². The Bertz CT molecular complexity index is 1540. The first-order valence-corrected chi connectivity index (χ1v) is 17.8. The third-order valence-corrected chi connectivity index (χ3v) is 11.1. The normalized spacial score (nSPS) is 20.7. The van der Waals surface area contributed by atoms with Crippen molar-refractivity contribution < 1.29 is 32.6 Å². The zero-order valence-electron chi connectivity index (χ0n) is 26.7. The maximum absolute atomic E-state index is 14.3. The first-order valence-electron chi connectivity index (χ1n) is 15.5. The number of rotatable bonds is 8. The van der Waals surface area contributed by atoms with Crippen LogP contribution in [0.3, 0.4) is 0 Å². The number of nitrogens with zero attached hydrogens (tertiary/aromatic N) is 2. The summed E-state index contributed by atoms with van der Waals surface area (Å²) in [7, 11) is -2.18. The lowest BCUT2D eigenvalue weighted by Crippen LogP contribution is -2.48. The first kappa shape index (κ1) is 35.4. The molecule has 0 radical (unpaired) electrons. The van der Waals surface area contributed by atoms with Gasteiger partial charge >= 0.3 is 6.03 Å². The average molecular weight is 673 g/mol. The molecule has 1 aliphatic heterocycles. The van der Waals surface area contributed by atoms with Crippen LogP contribution in [-0.4, -0.2) is 86.3 Å². The smallest absolute Gasteiger partial charge is 0.323 e. The molecule has 4 atom stereocenters. The predicted octanol–water partition coefficient (Wildman–Crippen LogP) is 5.51. The van der Waals surface area contributed by atoms with Gasteiger partial charge in [-0.15, -0.1) is 11.3 Å². The molecule has 0 aliphatic carbocycles. The summed E-state index contributed by atoms with van der Waals surface area (Å²) in [6.45, 7) is 6.00. The summed E-state index contributed by atoms with van der Waals surface area (Å²) in [6, 6.07) is 16.2. The summed E-state index contributed by atoms with van der Waals surface area (Å²) in [4.78, 5) is 28.6. The Morgan fingerprint density at radius 1 is 1.09 bits per heavy atom. The van der Waals surface area contributed by atoms with Gasteiger partial charge in [-0.2, -0.15) is 4.31 Å². The number of thiophene rings is 1. The van der Waals surface area contributed by atoms with Crippen LogP contribution in [0.15, 0.2) is 70.3 Å². The van der Waals surface area contributed by atoms with Gasteiger partial charge in [-0.25, -0.2) is 13.2 Å². The van der Waals surface area contributed by atoms with E-state index in [1.165, 1.54) is 11.4 Å². The lowest BCUT2D eigenvalue weighted by molar-refractivity contribution is -0.00832. The van der Waals surface area contributed by atoms with Gasteiger partial charge < -0.3 is 30.1 Å². The molecule has 0 unspecified atom stereocenters. The molecule has 13 heteroatoms. The van der Waals surface area contributed by atoms with Crippen molar-refractivity contribution in [2.45, 2.75) is 62.5 Å². The highest BCUT2D eigenvalue weighted by atomic mass is 32.2. The number of carbonyl (C=O) groups is 2. The minimum Gasteiger partial charge on any atom is -0.490 e. The van der Waals surface area contributed by atoms with E-state index in [2.05, 4.69) is 10.6 Å². The number of fused-ring (bicyclic) bond motifs is 1. The Hall–Kier alpha value is -3.49. The Morgan fingerprint density at radius 2 is 1.83 bits per heavy atom. The summed E-state index contributed by atoms with van der Waals surface area (Å²) in [5, 5.41) is 17.5. The van der Waals surface area contributed by atoms with Crippen LogP contribution in [0.1, 0.15) is 50.4 Å². The highest BCUT2D eigenvalue weighted by molar-refractivity contribution is 7.91. The third kappa shape index (κ3) is 9.29. The van der Waals surface area contributed by atoms with Crippen LogP contribution < -0.4 is 15.4 Å². The molecule has 250 valence electrons. The van der Waals surface area contributed by atoms with E-state index in [0.29, 0.717) is 30.2 Å². The molecule has 0 fully saturated rings. The summed E-state index contributed by atoms with van der Waals surface area (Å²) >= 11 is 1.16. The molecule has 0 saturated carbocycles. The second-order valence-corrected chi connectivity index (χ2v) is 14.9. The van der Waals surface area contributed by atoms with Crippen molar-refractivity contribution in [1.82, 2.24) is 9.21 Å². The number of benzene rings is 2. The Balaban J connectivity index is 1.62. The van der Waals surface area contributed by atoms with E-state index in [4.69, 9.17) is 9.47 Å². The molecule has 2 heterocycles. The predicted molar refractivity (Wildman–Crippen MR) is 180 cm³/mol. The minimum atomic E-state index is -3.71. The number of nitrogens with one attached hydrogen (secondary N) is 2. The number of hydrogen-bond donors (Lipinski definition) is 3. The standard InChI is InChI=1S/C33H44N4O7S2/c1-23-20-37(24(2)22-38)32(39)28-19-27(35-33(40)34-26-12-6-5-7-13-26)15-16-29(28)44-25(3)11-8-9-17-43-30(23)21-36(4)46(41,42)31-14-10-18-45-31/h5-7,10,12-16,18-19,23-25,30,38H,8-9,11,17,20-22H2,1-4H3,(H2,34,35,40)/t23-,24+,25-,30+/m1/s1. The average Bonchev–Trinajstić information content (AvgIpc) is 3.59. The van der Waals surface area contributed by atoms with Crippen LogP contribution >= 0.6 is 11.3 Å². The van der Waals surface area contributed by atoms with Crippen molar-refractivity contribution in [3.63, 3.8) is 0 Å². The molecule has 3 amide bonds. The Labute approximate surface area is 275 Å². The van der Waals surface area contributed by atoms with Gasteiger partial charge in [0.1, 0.15) is 9.96 Å². The topological polar surface area (TPSA) is 138 Å². The number of urea groups is 1. The number of aliphatic hydroxyl groups is 1. The molecule has 3 N–H and O–H groups in total. The molecule has 11 nitrogen and oxygen atoms in total. The highest BCUT2D eigenvalue weighted by Gasteiger charge is 2.32. The van der Waals surface area contributed by atoms with Crippen molar-refractivity contribution in [3.05, 3.63) is 71.6 Å². The van der Waals surface area contributed by atoms with Gasteiger partial charge in [0.2, 0.25) is 0 Å². The van der Waals surface area contributed by atoms with Gasteiger partial charge in [0.25, 0.3) is 15.9 Å². The van der Waals surface area contributed by atoms with Crippen molar-refractivity contribution in [3.8, 4) is 5.75 Å². The number of amides is 3. The van der Waals surface area contributed by atoms with Crippen molar-refractivity contribution in [1.29, 1.82) is 0 Å². The molecule has 1 aromatic heterocycles. The zero-order chi connectivity index (χ0) is 33.3. The molecule has 2 aromatic carbocycles. The van der Waals surface area contributed by atoms with Crippen LogP contribution in [-0.2, 0) is 14.8 Å². The summed E-state index contributed by atoms with van der Waals surface area (Å²) in [6.07, 6.45) is 1.53. The van der Waals surface area contributed by atoms with E-state index < -0.39 is 34.1 Å². The summed E-state index contributed by atoms with van der Waals surface area (Å²) < 4.78 is 40.5. The third-order valence-electron chi connectivity index (χ3n) is 7.94. The number of ether oxygens (including phenoxy) is 2. The number of hydrogen-bond acceptors (Lipinski definition) is 8. The van der Waals surface area contributed by atoms with E-state index in [0.717, 1.165) is 24.2 Å². The second kappa shape index (κ2) is 16.4. The first-order chi connectivity index (χ1) is 22.0. The van der Waals surface area contributed by atoms with Crippen molar-refractivity contribution in [2.24, 2.45) is 5.92 Å². The zero-order valence-corrected chi connectivity index (χ0v) is 28.4. The molecule has 0 spiro atoms. The summed E-state index contributed by atoms with van der Waals surface area (Å²) in [5.74, 6) is -0.317. The van der Waals surface area contributed by atoms with Crippen molar-refractivity contribution >= 4 is 44.7 Å². The van der Waals surface area contributed by atoms with Gasteiger partial charge in [0.05, 0.1) is 30.4 Å². The van der Waals surface area contributed by atoms with Gasteiger partial charge in [0.15, 0.2) is 0 Å². The molecule has 46 heavy (non-hydrogen) atoms. The van der Waals surface area contributed by atoms with Crippen LogP contribution in [0.2, 0.25) is 0 Å². The van der Waals surface area contributed by atoms with Gasteiger partial charge in [-0.1, -0.05) is 31.2 Å². The van der Waals surface area contributed by atoms with Gasteiger partial charge in [-0.3, -0.25) is 4.79 Å². The fourth-order valence-corrected chi connectivity index (χ4v) is 7.58. The minimum absolute atomic E-state index is 0.0949. The molecule has 4 rings (SSSR count). The molecule has 0 bridgehead atoms. The lowest BCUT2D eigenvalue weighted by Gasteiger charge is -2.35. The van der Waals surface area contributed by atoms with E-state index in [9.17, 15) is 23.1 Å². The number of carbonyl (C=O) groups excluding carboxylic acids is 2. The second-order valence-electron chi connectivity index (χ2n) is 11.7. The maximum atomic E-state index is 14.3. The maximum Gasteiger partial charge on any atom is 0.323 e. The lowest BCUT2D eigenvalue weighted by atomic mass is 10.0. The van der Waals surface area contributed by atoms with E-state index >= 15 is 0 Å². The van der Waals surface area contributed by atoms with Crippen molar-refractivity contribution in [2.75, 3.05) is 44.0 Å². The van der Waals surface area contributed by atoms with Crippen LogP contribution in [0, 0.1) is 5.92 Å². The molecule has 0 saturated heterocycles. The van der Waals surface area contributed by atoms with Gasteiger partial charge in [0, 0.05) is 44.0 Å². The fraction of sp³-hybridized carbons (Fsp3) is 0.455. The molecule has 3 aromatic rings. The number of sulfonamides is 1. The SMILES string of the molecule is C[C@@H]1CCCCO[C@@H](CN(C)S(=O)(=O)c2cccs2)[C@H](C)CN([C@@H](C)CO)C(=O)c2cc(NC(=O)Nc3ccccc3)ccc2O1. The number of anilines is 2. The fourth-order valence-electron chi connectivity index (χ4n) is 5.19. The largest absolute Gasteiger partial charge is 0.490 e. The number of likely N-dealkylation sites (N-methyl/N-ethyl adjacent to an activating group) is 1. The monoisotopic (exact) mass is 672 g/mol. The summed E-state index contributed by atoms with van der Waals surface area (Å²) in [5.41, 5.74) is 1.25. The number of para-hydroxylation sites is 1. The van der Waals surface area contributed by atoms with Gasteiger partial charge in [-0.05, 0) is 74.9 Å². The van der Waals surface area contributed by atoms with Crippen LogP contribution in [0.4, 0.5) is 16.2 Å². The number of aliphatic hydroxyl groups excluding tert-OH is 1. The Kier molecular flexibility index (Phi) is 12.6.